The van der Waals surface area contributed by atoms with Gasteiger partial charge in [-0.2, -0.15) is 9.55 Å². The van der Waals surface area contributed by atoms with E-state index in [1.54, 1.807) is 32.3 Å². The molecule has 1 aliphatic carbocycles. The van der Waals surface area contributed by atoms with Gasteiger partial charge < -0.3 is 14.6 Å². The van der Waals surface area contributed by atoms with Gasteiger partial charge in [0.1, 0.15) is 17.9 Å². The highest BCUT2D eigenvalue weighted by Crippen LogP contribution is 2.49. The van der Waals surface area contributed by atoms with E-state index in [2.05, 4.69) is 15.4 Å². The first-order valence-electron chi connectivity index (χ1n) is 17.7. The van der Waals surface area contributed by atoms with Crippen molar-refractivity contribution in [3.05, 3.63) is 126 Å². The number of esters is 1. The highest BCUT2D eigenvalue weighted by Gasteiger charge is 2.37. The van der Waals surface area contributed by atoms with Crippen LogP contribution in [0.25, 0.3) is 33.8 Å². The molecule has 6 aromatic rings. The number of fused-ring (bicyclic) bond motifs is 2. The highest BCUT2D eigenvalue weighted by atomic mass is 32.2. The summed E-state index contributed by atoms with van der Waals surface area (Å²) in [5.41, 5.74) is 2.27. The van der Waals surface area contributed by atoms with Crippen molar-refractivity contribution >= 4 is 65.1 Å². The molecule has 12 heteroatoms. The maximum Gasteiger partial charge on any atom is 0.440 e. The number of hydrogen-bond donors (Lipinski definition) is 2. The van der Waals surface area contributed by atoms with E-state index in [0.29, 0.717) is 27.9 Å². The lowest BCUT2D eigenvalue weighted by Gasteiger charge is -2.27. The van der Waals surface area contributed by atoms with Crippen molar-refractivity contribution in [1.29, 1.82) is 0 Å². The van der Waals surface area contributed by atoms with Crippen LogP contribution in [0.15, 0.2) is 119 Å². The summed E-state index contributed by atoms with van der Waals surface area (Å²) in [6.45, 7) is 1.63. The molecule has 1 fully saturated rings. The molecular formula is C41H40N5O5PS. The van der Waals surface area contributed by atoms with Gasteiger partial charge in [-0.15, -0.1) is 0 Å². The lowest BCUT2D eigenvalue weighted by Crippen LogP contribution is -2.38. The minimum Gasteiger partial charge on any atom is -0.461 e. The number of pyridine rings is 1. The van der Waals surface area contributed by atoms with Gasteiger partial charge in [0.15, 0.2) is 0 Å². The number of rotatable bonds is 12. The molecule has 53 heavy (non-hydrogen) atoms. The Hall–Kier alpha value is -5.22. The summed E-state index contributed by atoms with van der Waals surface area (Å²) in [4.78, 5) is 32.2. The molecule has 0 bridgehead atoms. The molecule has 1 saturated carbocycles. The molecule has 10 nitrogen and oxygen atoms in total. The number of amides is 1. The van der Waals surface area contributed by atoms with Crippen molar-refractivity contribution in [2.45, 2.75) is 61.0 Å². The lowest BCUT2D eigenvalue weighted by molar-refractivity contribution is -0.152. The largest absolute Gasteiger partial charge is 0.461 e. The van der Waals surface area contributed by atoms with Gasteiger partial charge in [0, 0.05) is 33.8 Å². The molecule has 1 aliphatic rings. The number of aromatic nitrogens is 3. The van der Waals surface area contributed by atoms with E-state index in [-0.39, 0.29) is 12.0 Å². The van der Waals surface area contributed by atoms with Crippen LogP contribution in [0, 0.1) is 0 Å². The zero-order valence-corrected chi connectivity index (χ0v) is 31.2. The second-order valence-electron chi connectivity index (χ2n) is 12.9. The van der Waals surface area contributed by atoms with Gasteiger partial charge in [0.2, 0.25) is 0 Å². The number of carbonyl (C=O) groups excluding carboxylic acids is 2. The lowest BCUT2D eigenvalue weighted by atomic mass is 9.98. The second-order valence-corrected chi connectivity index (χ2v) is 15.8. The van der Waals surface area contributed by atoms with E-state index in [0.717, 1.165) is 58.4 Å². The minimum atomic E-state index is -4.28. The van der Waals surface area contributed by atoms with Crippen LogP contribution >= 0.6 is 19.4 Å². The molecule has 0 radical (unpaired) electrons. The first-order chi connectivity index (χ1) is 25.8. The Morgan fingerprint density at radius 2 is 1.68 bits per heavy atom. The predicted molar refractivity (Wildman–Crippen MR) is 210 cm³/mol. The van der Waals surface area contributed by atoms with E-state index in [9.17, 15) is 9.59 Å². The molecule has 2 aromatic heterocycles. The predicted octanol–water partition coefficient (Wildman–Crippen LogP) is 9.15. The minimum absolute atomic E-state index is 0.176. The van der Waals surface area contributed by atoms with Crippen LogP contribution in [0.5, 0.6) is 5.75 Å². The van der Waals surface area contributed by atoms with E-state index in [1.807, 2.05) is 103 Å². The van der Waals surface area contributed by atoms with Gasteiger partial charge >= 0.3 is 13.6 Å². The number of hydrogen-bond acceptors (Lipinski definition) is 8. The van der Waals surface area contributed by atoms with Crippen molar-refractivity contribution in [2.24, 2.45) is 0 Å². The summed E-state index contributed by atoms with van der Waals surface area (Å²) < 4.78 is 29.5. The van der Waals surface area contributed by atoms with Gasteiger partial charge in [0.05, 0.1) is 22.5 Å². The summed E-state index contributed by atoms with van der Waals surface area (Å²) >= 11 is 1.40. The molecular weight excluding hydrogens is 706 g/mol. The number of ether oxygens (including phenoxy) is 1. The number of nitrogens with one attached hydrogen (secondary N) is 2. The third-order valence-electron chi connectivity index (χ3n) is 9.12. The monoisotopic (exact) mass is 745 g/mol. The molecule has 4 aromatic carbocycles. The van der Waals surface area contributed by atoms with E-state index >= 15 is 4.57 Å². The molecule has 1 unspecified atom stereocenters. The standard InChI is InChI=1S/C41H40N5O5PS/c1-28(41(48)50-31-16-4-3-5-17-31)45-52(49,51-38-20-12-14-29-13-6-7-18-33(29)38)46-37-27-32(53-39-21-9-8-19-35(39)40(47)42-2)23-24-34(37)36(44-46)25-22-30-15-10-11-26-43-30/h6-15,18-28,31H,3-5,16-17H2,1-2H3,(H,42,47)(H,45,49)/b25-22+/t28-,52?/m0/s1. The molecule has 2 atom stereocenters. The van der Waals surface area contributed by atoms with Crippen molar-refractivity contribution in [2.75, 3.05) is 7.05 Å². The summed E-state index contributed by atoms with van der Waals surface area (Å²) in [6, 6.07) is 30.9. The van der Waals surface area contributed by atoms with Crippen molar-refractivity contribution in [3.8, 4) is 5.75 Å². The van der Waals surface area contributed by atoms with Crippen LogP contribution in [0.1, 0.15) is 60.8 Å². The molecule has 7 rings (SSSR count). The SMILES string of the molecule is CNC(=O)c1ccccc1Sc1ccc2c(/C=C/c3ccccn3)nn(P(=O)(N[C@@H](C)C(=O)OC3CCCCC3)Oc3cccc4ccccc34)c2c1. The summed E-state index contributed by atoms with van der Waals surface area (Å²) in [7, 11) is -2.68. The quantitative estimate of drug-likeness (QED) is 0.0932. The van der Waals surface area contributed by atoms with E-state index in [1.165, 1.54) is 16.2 Å². The zero-order valence-electron chi connectivity index (χ0n) is 29.5. The van der Waals surface area contributed by atoms with Crippen LogP contribution in [0.3, 0.4) is 0 Å². The van der Waals surface area contributed by atoms with Gasteiger partial charge in [-0.25, -0.2) is 9.65 Å². The van der Waals surface area contributed by atoms with Crippen molar-refractivity contribution < 1.29 is 23.4 Å². The Morgan fingerprint density at radius 1 is 0.906 bits per heavy atom. The first kappa shape index (κ1) is 36.2. The van der Waals surface area contributed by atoms with E-state index in [4.69, 9.17) is 14.4 Å². The molecule has 1 amide bonds. The van der Waals surface area contributed by atoms with Crippen LogP contribution in [0.4, 0.5) is 0 Å². The Balaban J connectivity index is 1.35. The smallest absolute Gasteiger partial charge is 0.440 e. The van der Waals surface area contributed by atoms with Crippen LogP contribution in [-0.2, 0) is 14.1 Å². The molecule has 0 saturated heterocycles. The highest BCUT2D eigenvalue weighted by molar-refractivity contribution is 7.99. The fraction of sp³-hybridized carbons (Fsp3) is 0.220. The third kappa shape index (κ3) is 8.23. The Morgan fingerprint density at radius 3 is 2.49 bits per heavy atom. The van der Waals surface area contributed by atoms with Crippen LogP contribution < -0.4 is 14.9 Å². The Labute approximate surface area is 312 Å². The van der Waals surface area contributed by atoms with Crippen molar-refractivity contribution in [3.63, 3.8) is 0 Å². The van der Waals surface area contributed by atoms with E-state index < -0.39 is 19.7 Å². The zero-order chi connectivity index (χ0) is 36.8. The van der Waals surface area contributed by atoms with Crippen molar-refractivity contribution in [1.82, 2.24) is 24.9 Å². The average molecular weight is 746 g/mol. The molecule has 2 N–H and O–H groups in total. The fourth-order valence-electron chi connectivity index (χ4n) is 6.41. The number of benzene rings is 4. The Kier molecular flexibility index (Phi) is 11.1. The average Bonchev–Trinajstić information content (AvgIpc) is 3.56. The molecule has 270 valence electrons. The van der Waals surface area contributed by atoms with Crippen LogP contribution in [-0.4, -0.2) is 45.6 Å². The summed E-state index contributed by atoms with van der Waals surface area (Å²) in [6.07, 6.45) is 9.93. The van der Waals surface area contributed by atoms with Gasteiger partial charge in [0.25, 0.3) is 5.91 Å². The Bertz CT molecular complexity index is 2340. The first-order valence-corrected chi connectivity index (χ1v) is 20.1. The van der Waals surface area contributed by atoms with Gasteiger partial charge in [-0.1, -0.05) is 72.8 Å². The topological polar surface area (TPSA) is 124 Å². The molecule has 0 spiro atoms. The normalized spacial score (nSPS) is 15.3. The van der Waals surface area contributed by atoms with Gasteiger partial charge in [-0.05, 0) is 98.7 Å². The number of nitrogens with zero attached hydrogens (tertiary/aromatic N) is 3. The van der Waals surface area contributed by atoms with Gasteiger partial charge in [-0.3, -0.25) is 14.6 Å². The second kappa shape index (κ2) is 16.2. The third-order valence-corrected chi connectivity index (χ3v) is 12.1. The van der Waals surface area contributed by atoms with Crippen LogP contribution in [0.2, 0.25) is 0 Å². The summed E-state index contributed by atoms with van der Waals surface area (Å²) in [5.74, 6) is -0.342. The molecule has 0 aliphatic heterocycles. The maximum absolute atomic E-state index is 15.7. The summed E-state index contributed by atoms with van der Waals surface area (Å²) in [5, 5.41) is 13.0. The fourth-order valence-corrected chi connectivity index (χ4v) is 9.31. The molecule has 2 heterocycles. The maximum atomic E-state index is 15.7. The number of carbonyl (C=O) groups is 2.